The molecule has 0 radical (unpaired) electrons. The van der Waals surface area contributed by atoms with Gasteiger partial charge in [-0.3, -0.25) is 15.1 Å². The second kappa shape index (κ2) is 7.93. The van der Waals surface area contributed by atoms with E-state index in [1.54, 1.807) is 18.3 Å². The summed E-state index contributed by atoms with van der Waals surface area (Å²) in [7, 11) is 0. The number of hydrogen-bond donors (Lipinski definition) is 0. The van der Waals surface area contributed by atoms with Crippen LogP contribution in [0, 0.1) is 10.1 Å². The van der Waals surface area contributed by atoms with Gasteiger partial charge in [0.1, 0.15) is 5.75 Å². The Labute approximate surface area is 129 Å². The van der Waals surface area contributed by atoms with E-state index in [4.69, 9.17) is 4.74 Å². The highest BCUT2D eigenvalue weighted by Crippen LogP contribution is 2.19. The maximum absolute atomic E-state index is 10.7. The number of non-ortho nitro benzene ring substituents is 1. The van der Waals surface area contributed by atoms with Gasteiger partial charge in [-0.15, -0.1) is 0 Å². The summed E-state index contributed by atoms with van der Waals surface area (Å²) in [6.07, 6.45) is 3.75. The molecule has 2 aromatic carbocycles. The Morgan fingerprint density at radius 1 is 1.23 bits per heavy atom. The molecule has 22 heavy (non-hydrogen) atoms. The van der Waals surface area contributed by atoms with E-state index < -0.39 is 4.92 Å². The van der Waals surface area contributed by atoms with E-state index in [1.165, 1.54) is 12.1 Å². The van der Waals surface area contributed by atoms with E-state index in [-0.39, 0.29) is 5.69 Å². The predicted octanol–water partition coefficient (Wildman–Crippen LogP) is 4.52. The number of nitrogens with zero attached hydrogens (tertiary/aromatic N) is 2. The lowest BCUT2D eigenvalue weighted by molar-refractivity contribution is -0.384. The Hall–Kier alpha value is -2.69. The number of rotatable bonds is 7. The van der Waals surface area contributed by atoms with Gasteiger partial charge in [-0.2, -0.15) is 0 Å². The Morgan fingerprint density at radius 2 is 2.00 bits per heavy atom. The van der Waals surface area contributed by atoms with Crippen LogP contribution in [0.3, 0.4) is 0 Å². The van der Waals surface area contributed by atoms with E-state index in [0.29, 0.717) is 12.2 Å². The molecule has 5 heteroatoms. The zero-order valence-electron chi connectivity index (χ0n) is 12.4. The fourth-order valence-electron chi connectivity index (χ4n) is 1.83. The molecular weight excluding hydrogens is 280 g/mol. The Bertz CT molecular complexity index is 651. The number of nitro benzene ring substituents is 1. The molecule has 0 atom stereocenters. The molecular formula is C17H18N2O3. The van der Waals surface area contributed by atoms with Crippen LogP contribution >= 0.6 is 0 Å². The van der Waals surface area contributed by atoms with Crippen molar-refractivity contribution < 1.29 is 9.66 Å². The lowest BCUT2D eigenvalue weighted by Crippen LogP contribution is -1.95. The minimum Gasteiger partial charge on any atom is -0.494 e. The van der Waals surface area contributed by atoms with Gasteiger partial charge in [-0.05, 0) is 36.2 Å². The third kappa shape index (κ3) is 4.70. The Balaban J connectivity index is 2.01. The fraction of sp³-hybridized carbons (Fsp3) is 0.235. The monoisotopic (exact) mass is 298 g/mol. The van der Waals surface area contributed by atoms with Crippen molar-refractivity contribution in [1.29, 1.82) is 0 Å². The summed E-state index contributed by atoms with van der Waals surface area (Å²) in [6.45, 7) is 2.84. The minimum absolute atomic E-state index is 0.0589. The molecule has 0 saturated carbocycles. The molecule has 0 spiro atoms. The summed E-state index contributed by atoms with van der Waals surface area (Å²) in [5.41, 5.74) is 1.52. The number of ether oxygens (including phenoxy) is 1. The van der Waals surface area contributed by atoms with Crippen LogP contribution in [0.15, 0.2) is 53.5 Å². The van der Waals surface area contributed by atoms with Crippen LogP contribution in [0.2, 0.25) is 0 Å². The number of benzene rings is 2. The highest BCUT2D eigenvalue weighted by Gasteiger charge is 2.03. The van der Waals surface area contributed by atoms with Crippen molar-refractivity contribution in [3.05, 3.63) is 64.2 Å². The smallest absolute Gasteiger partial charge is 0.270 e. The van der Waals surface area contributed by atoms with Crippen LogP contribution in [0.4, 0.5) is 11.4 Å². The summed E-state index contributed by atoms with van der Waals surface area (Å²) in [6, 6.07) is 13.8. The Morgan fingerprint density at radius 3 is 2.68 bits per heavy atom. The van der Waals surface area contributed by atoms with E-state index in [9.17, 15) is 10.1 Å². The average Bonchev–Trinajstić information content (AvgIpc) is 2.54. The number of unbranched alkanes of at least 4 members (excludes halogenated alkanes) is 1. The van der Waals surface area contributed by atoms with Gasteiger partial charge in [0.25, 0.3) is 5.69 Å². The van der Waals surface area contributed by atoms with Gasteiger partial charge in [0, 0.05) is 18.3 Å². The molecule has 0 bridgehead atoms. The van der Waals surface area contributed by atoms with Crippen molar-refractivity contribution in [2.75, 3.05) is 6.61 Å². The average molecular weight is 298 g/mol. The summed E-state index contributed by atoms with van der Waals surface area (Å²) in [5.74, 6) is 0.822. The van der Waals surface area contributed by atoms with E-state index >= 15 is 0 Å². The normalized spacial score (nSPS) is 10.8. The first kappa shape index (κ1) is 15.7. The summed E-state index contributed by atoms with van der Waals surface area (Å²) < 4.78 is 5.58. The molecule has 0 aliphatic heterocycles. The number of nitro groups is 1. The maximum atomic E-state index is 10.7. The molecule has 0 aliphatic rings. The molecule has 114 valence electrons. The predicted molar refractivity (Wildman–Crippen MR) is 87.2 cm³/mol. The third-order valence-electron chi connectivity index (χ3n) is 3.05. The van der Waals surface area contributed by atoms with Gasteiger partial charge in [-0.25, -0.2) is 0 Å². The van der Waals surface area contributed by atoms with Crippen molar-refractivity contribution >= 4 is 17.6 Å². The molecule has 0 saturated heterocycles. The van der Waals surface area contributed by atoms with Gasteiger partial charge in [0.15, 0.2) is 0 Å². The standard InChI is InChI=1S/C17H18N2O3/c1-2-3-11-22-17-9-7-15(8-10-17)18-13-14-5-4-6-16(12-14)19(20)21/h4-10,12-13H,2-3,11H2,1H3/b18-13+. The topological polar surface area (TPSA) is 64.7 Å². The van der Waals surface area contributed by atoms with Crippen LogP contribution in [-0.4, -0.2) is 17.7 Å². The molecule has 5 nitrogen and oxygen atoms in total. The molecule has 2 rings (SSSR count). The summed E-state index contributed by atoms with van der Waals surface area (Å²) in [5, 5.41) is 10.7. The molecule has 0 amide bonds. The van der Waals surface area contributed by atoms with Crippen molar-refractivity contribution in [3.8, 4) is 5.75 Å². The highest BCUT2D eigenvalue weighted by atomic mass is 16.6. The minimum atomic E-state index is -0.417. The zero-order chi connectivity index (χ0) is 15.8. The van der Waals surface area contributed by atoms with Crippen molar-refractivity contribution in [2.45, 2.75) is 19.8 Å². The van der Waals surface area contributed by atoms with Gasteiger partial charge in [0.05, 0.1) is 17.2 Å². The van der Waals surface area contributed by atoms with Crippen LogP contribution in [0.5, 0.6) is 5.75 Å². The first-order chi connectivity index (χ1) is 10.7. The molecule has 0 heterocycles. The van der Waals surface area contributed by atoms with Gasteiger partial charge >= 0.3 is 0 Å². The van der Waals surface area contributed by atoms with Gasteiger partial charge in [0.2, 0.25) is 0 Å². The molecule has 0 fully saturated rings. The molecule has 0 aliphatic carbocycles. The first-order valence-electron chi connectivity index (χ1n) is 7.20. The summed E-state index contributed by atoms with van der Waals surface area (Å²) in [4.78, 5) is 14.6. The second-order valence-electron chi connectivity index (χ2n) is 4.81. The quantitative estimate of drug-likeness (QED) is 0.326. The van der Waals surface area contributed by atoms with Gasteiger partial charge in [-0.1, -0.05) is 25.5 Å². The first-order valence-corrected chi connectivity index (χ1v) is 7.20. The van der Waals surface area contributed by atoms with E-state index in [2.05, 4.69) is 11.9 Å². The molecule has 2 aromatic rings. The third-order valence-corrected chi connectivity index (χ3v) is 3.05. The maximum Gasteiger partial charge on any atom is 0.270 e. The number of hydrogen-bond acceptors (Lipinski definition) is 4. The van der Waals surface area contributed by atoms with Crippen LogP contribution in [-0.2, 0) is 0 Å². The van der Waals surface area contributed by atoms with E-state index in [0.717, 1.165) is 24.3 Å². The SMILES string of the molecule is CCCCOc1ccc(/N=C/c2cccc([N+](=O)[O-])c2)cc1. The van der Waals surface area contributed by atoms with Crippen LogP contribution in [0.25, 0.3) is 0 Å². The molecule has 0 unspecified atom stereocenters. The van der Waals surface area contributed by atoms with E-state index in [1.807, 2.05) is 24.3 Å². The fourth-order valence-corrected chi connectivity index (χ4v) is 1.83. The molecule has 0 aromatic heterocycles. The van der Waals surface area contributed by atoms with Crippen LogP contribution in [0.1, 0.15) is 25.3 Å². The van der Waals surface area contributed by atoms with Crippen LogP contribution < -0.4 is 4.74 Å². The van der Waals surface area contributed by atoms with Crippen molar-refractivity contribution in [2.24, 2.45) is 4.99 Å². The van der Waals surface area contributed by atoms with Gasteiger partial charge < -0.3 is 4.74 Å². The zero-order valence-corrected chi connectivity index (χ0v) is 12.4. The Kier molecular flexibility index (Phi) is 5.65. The largest absolute Gasteiger partial charge is 0.494 e. The second-order valence-corrected chi connectivity index (χ2v) is 4.81. The molecule has 0 N–H and O–H groups in total. The van der Waals surface area contributed by atoms with Crippen molar-refractivity contribution in [1.82, 2.24) is 0 Å². The highest BCUT2D eigenvalue weighted by molar-refractivity contribution is 5.82. The lowest BCUT2D eigenvalue weighted by atomic mass is 10.2. The lowest BCUT2D eigenvalue weighted by Gasteiger charge is -2.04. The number of aliphatic imine (C=N–C) groups is 1. The summed E-state index contributed by atoms with van der Waals surface area (Å²) >= 11 is 0. The van der Waals surface area contributed by atoms with Crippen molar-refractivity contribution in [3.63, 3.8) is 0 Å².